The number of hydrazine groups is 1. The lowest BCUT2D eigenvalue weighted by atomic mass is 9.85. The number of nitrogens with zero attached hydrogens (tertiary/aromatic N) is 4. The zero-order chi connectivity index (χ0) is 22.7. The predicted octanol–water partition coefficient (Wildman–Crippen LogP) is 2.59. The Balaban J connectivity index is 1.83. The number of carbonyl (C=O) groups is 1. The topological polar surface area (TPSA) is 78.7 Å². The van der Waals surface area contributed by atoms with Crippen molar-refractivity contribution in [2.75, 3.05) is 14.1 Å². The maximum atomic E-state index is 14.1. The molecule has 0 radical (unpaired) electrons. The largest absolute Gasteiger partial charge is 0.502 e. The van der Waals surface area contributed by atoms with Gasteiger partial charge in [0.05, 0.1) is 6.20 Å². The quantitative estimate of drug-likeness (QED) is 0.632. The molecular weight excluding hydrogens is 418 g/mol. The summed E-state index contributed by atoms with van der Waals surface area (Å²) in [4.78, 5) is 24.9. The number of halogens is 2. The molecule has 3 aromatic rings. The SMILES string of the molecule is CN1C(=O)c2c(O)c(=O)cnn2[C@@H](C2c3ccc(F)cc3CCc3cc(F)ccc32)N1C. The molecule has 0 fully saturated rings. The van der Waals surface area contributed by atoms with E-state index in [4.69, 9.17) is 0 Å². The number of fused-ring (bicyclic) bond motifs is 3. The Morgan fingerprint density at radius 3 is 2.09 bits per heavy atom. The Kier molecular flexibility index (Phi) is 4.59. The minimum Gasteiger partial charge on any atom is -0.502 e. The first kappa shape index (κ1) is 20.3. The second-order valence-electron chi connectivity index (χ2n) is 8.13. The molecule has 0 saturated heterocycles. The van der Waals surface area contributed by atoms with Crippen LogP contribution in [0.15, 0.2) is 47.4 Å². The third-order valence-electron chi connectivity index (χ3n) is 6.43. The molecule has 164 valence electrons. The van der Waals surface area contributed by atoms with Crippen LogP contribution >= 0.6 is 0 Å². The lowest BCUT2D eigenvalue weighted by Gasteiger charge is -2.44. The number of carbonyl (C=O) groups excluding carboxylic acids is 1. The molecule has 2 aliphatic rings. The highest BCUT2D eigenvalue weighted by Gasteiger charge is 2.43. The van der Waals surface area contributed by atoms with Crippen molar-refractivity contribution < 1.29 is 18.7 Å². The summed E-state index contributed by atoms with van der Waals surface area (Å²) in [6.45, 7) is 0. The van der Waals surface area contributed by atoms with Crippen LogP contribution in [0.3, 0.4) is 0 Å². The first-order valence-corrected chi connectivity index (χ1v) is 10.2. The highest BCUT2D eigenvalue weighted by molar-refractivity contribution is 5.95. The maximum Gasteiger partial charge on any atom is 0.290 e. The molecule has 9 heteroatoms. The summed E-state index contributed by atoms with van der Waals surface area (Å²) in [5.41, 5.74) is 2.18. The van der Waals surface area contributed by atoms with E-state index in [0.29, 0.717) is 12.8 Å². The molecule has 2 heterocycles. The molecule has 1 aromatic heterocycles. The van der Waals surface area contributed by atoms with Crippen LogP contribution in [0, 0.1) is 11.6 Å². The zero-order valence-corrected chi connectivity index (χ0v) is 17.4. The van der Waals surface area contributed by atoms with Crippen molar-refractivity contribution in [2.24, 2.45) is 0 Å². The lowest BCUT2D eigenvalue weighted by Crippen LogP contribution is -2.54. The number of rotatable bonds is 1. The van der Waals surface area contributed by atoms with Gasteiger partial charge in [-0.25, -0.2) is 13.5 Å². The normalized spacial score (nSPS) is 18.7. The van der Waals surface area contributed by atoms with Gasteiger partial charge in [0, 0.05) is 20.0 Å². The summed E-state index contributed by atoms with van der Waals surface area (Å²) in [5, 5.41) is 17.6. The summed E-state index contributed by atoms with van der Waals surface area (Å²) in [6.07, 6.45) is 1.30. The summed E-state index contributed by atoms with van der Waals surface area (Å²) >= 11 is 0. The van der Waals surface area contributed by atoms with Crippen LogP contribution in [0.1, 0.15) is 44.8 Å². The summed E-state index contributed by atoms with van der Waals surface area (Å²) in [7, 11) is 3.23. The lowest BCUT2D eigenvalue weighted by molar-refractivity contribution is -0.0538. The van der Waals surface area contributed by atoms with E-state index in [1.165, 1.54) is 41.0 Å². The Hall–Kier alpha value is -3.59. The second-order valence-corrected chi connectivity index (χ2v) is 8.13. The number of aromatic hydroxyl groups is 1. The maximum absolute atomic E-state index is 14.1. The van der Waals surface area contributed by atoms with Crippen LogP contribution < -0.4 is 5.43 Å². The van der Waals surface area contributed by atoms with Crippen molar-refractivity contribution in [2.45, 2.75) is 24.9 Å². The van der Waals surface area contributed by atoms with Crippen LogP contribution in [-0.2, 0) is 12.8 Å². The van der Waals surface area contributed by atoms with Crippen LogP contribution in [0.25, 0.3) is 0 Å². The molecule has 0 unspecified atom stereocenters. The number of amides is 1. The number of aryl methyl sites for hydroxylation is 2. The molecule has 32 heavy (non-hydrogen) atoms. The van der Waals surface area contributed by atoms with Gasteiger partial charge in [-0.05, 0) is 59.4 Å². The number of hydrogen-bond donors (Lipinski definition) is 1. The van der Waals surface area contributed by atoms with Gasteiger partial charge >= 0.3 is 0 Å². The van der Waals surface area contributed by atoms with Crippen molar-refractivity contribution in [1.82, 2.24) is 19.8 Å². The van der Waals surface area contributed by atoms with E-state index in [9.17, 15) is 23.5 Å². The van der Waals surface area contributed by atoms with Crippen molar-refractivity contribution in [3.8, 4) is 5.75 Å². The van der Waals surface area contributed by atoms with Crippen molar-refractivity contribution in [3.63, 3.8) is 0 Å². The summed E-state index contributed by atoms with van der Waals surface area (Å²) in [6, 6.07) is 9.07. The summed E-state index contributed by atoms with van der Waals surface area (Å²) < 4.78 is 29.5. The molecular formula is C23H20F2N4O3. The molecule has 0 spiro atoms. The predicted molar refractivity (Wildman–Crippen MR) is 111 cm³/mol. The van der Waals surface area contributed by atoms with E-state index >= 15 is 0 Å². The van der Waals surface area contributed by atoms with Crippen molar-refractivity contribution >= 4 is 5.91 Å². The molecule has 1 atom stereocenters. The van der Waals surface area contributed by atoms with Crippen LogP contribution in [-0.4, -0.2) is 44.9 Å². The molecule has 2 aromatic carbocycles. The average molecular weight is 438 g/mol. The van der Waals surface area contributed by atoms with Crippen LogP contribution in [0.2, 0.25) is 0 Å². The van der Waals surface area contributed by atoms with Crippen molar-refractivity contribution in [3.05, 3.63) is 92.4 Å². The molecule has 1 aliphatic carbocycles. The van der Waals surface area contributed by atoms with Gasteiger partial charge in [0.2, 0.25) is 5.43 Å². The molecule has 7 nitrogen and oxygen atoms in total. The third-order valence-corrected chi connectivity index (χ3v) is 6.43. The minimum atomic E-state index is -0.757. The van der Waals surface area contributed by atoms with Crippen LogP contribution in [0.5, 0.6) is 5.75 Å². The molecule has 0 saturated carbocycles. The fraction of sp³-hybridized carbons (Fsp3) is 0.261. The number of hydrogen-bond acceptors (Lipinski definition) is 5. The number of benzene rings is 2. The van der Waals surface area contributed by atoms with Gasteiger partial charge < -0.3 is 5.11 Å². The first-order valence-electron chi connectivity index (χ1n) is 10.2. The molecule has 1 amide bonds. The van der Waals surface area contributed by atoms with E-state index in [2.05, 4.69) is 5.10 Å². The minimum absolute atomic E-state index is 0.223. The Morgan fingerprint density at radius 1 is 0.969 bits per heavy atom. The molecule has 0 bridgehead atoms. The van der Waals surface area contributed by atoms with E-state index < -0.39 is 29.2 Å². The highest BCUT2D eigenvalue weighted by Crippen LogP contribution is 2.45. The average Bonchev–Trinajstić information content (AvgIpc) is 2.91. The molecule has 5 rings (SSSR count). The smallest absolute Gasteiger partial charge is 0.290 e. The zero-order valence-electron chi connectivity index (χ0n) is 17.4. The Labute approximate surface area is 182 Å². The molecule has 1 N–H and O–H groups in total. The van der Waals surface area contributed by atoms with Gasteiger partial charge in [0.1, 0.15) is 17.8 Å². The van der Waals surface area contributed by atoms with Gasteiger partial charge in [-0.15, -0.1) is 0 Å². The highest BCUT2D eigenvalue weighted by atomic mass is 19.1. The molecule has 1 aliphatic heterocycles. The fourth-order valence-electron chi connectivity index (χ4n) is 4.79. The van der Waals surface area contributed by atoms with Crippen molar-refractivity contribution in [1.29, 1.82) is 0 Å². The monoisotopic (exact) mass is 438 g/mol. The van der Waals surface area contributed by atoms with Crippen LogP contribution in [0.4, 0.5) is 8.78 Å². The van der Waals surface area contributed by atoms with Gasteiger partial charge in [0.15, 0.2) is 11.4 Å². The third kappa shape index (κ3) is 2.92. The van der Waals surface area contributed by atoms with E-state index in [-0.39, 0.29) is 17.3 Å². The Bertz CT molecular complexity index is 1270. The van der Waals surface area contributed by atoms with E-state index in [1.54, 1.807) is 24.2 Å². The van der Waals surface area contributed by atoms with E-state index in [0.717, 1.165) is 28.5 Å². The standard InChI is InChI=1S/C23H20F2N4O3/c1-27-22(29-20(23(32)28(27)2)21(31)18(30)11-26-29)19-16-7-5-14(24)9-12(16)3-4-13-10-15(25)6-8-17(13)19/h5-11,19,22,31H,3-4H2,1-2H3/t22-/m0/s1. The van der Waals surface area contributed by atoms with E-state index in [1.807, 2.05) is 0 Å². The van der Waals surface area contributed by atoms with Gasteiger partial charge in [0.25, 0.3) is 5.91 Å². The fourth-order valence-corrected chi connectivity index (χ4v) is 4.79. The number of aromatic nitrogens is 2. The first-order chi connectivity index (χ1) is 15.3. The Morgan fingerprint density at radius 2 is 1.53 bits per heavy atom. The second kappa shape index (κ2) is 7.23. The van der Waals surface area contributed by atoms with Gasteiger partial charge in [-0.3, -0.25) is 14.6 Å². The van der Waals surface area contributed by atoms with Gasteiger partial charge in [-0.1, -0.05) is 12.1 Å². The number of likely N-dealkylation sites (N-methyl/N-ethyl adjacent to an activating group) is 1. The van der Waals surface area contributed by atoms with Gasteiger partial charge in [-0.2, -0.15) is 10.1 Å². The summed E-state index contributed by atoms with van der Waals surface area (Å²) in [5.74, 6) is -2.49.